The van der Waals surface area contributed by atoms with Crippen molar-refractivity contribution in [3.8, 4) is 11.5 Å². The molecule has 0 fully saturated rings. The molecule has 2 nitrogen and oxygen atoms in total. The Morgan fingerprint density at radius 1 is 1.04 bits per heavy atom. The molecule has 0 saturated carbocycles. The van der Waals surface area contributed by atoms with E-state index in [0.717, 1.165) is 31.3 Å². The molecule has 2 aromatic rings. The number of halogens is 2. The van der Waals surface area contributed by atoms with Crippen molar-refractivity contribution in [2.75, 3.05) is 19.6 Å². The van der Waals surface area contributed by atoms with Crippen LogP contribution >= 0.6 is 0 Å². The van der Waals surface area contributed by atoms with Gasteiger partial charge in [-0.3, -0.25) is 0 Å². The van der Waals surface area contributed by atoms with Crippen molar-refractivity contribution in [3.63, 3.8) is 0 Å². The Bertz CT molecular complexity index is 691. The number of allylic oxidation sites excluding steroid dienone is 1. The molecule has 0 aliphatic rings. The highest BCUT2D eigenvalue weighted by molar-refractivity contribution is 5.64. The zero-order valence-corrected chi connectivity index (χ0v) is 14.4. The Kier molecular flexibility index (Phi) is 6.50. The van der Waals surface area contributed by atoms with Gasteiger partial charge in [0.15, 0.2) is 11.6 Å². The summed E-state index contributed by atoms with van der Waals surface area (Å²) in [5, 5.41) is 0. The fourth-order valence-electron chi connectivity index (χ4n) is 2.34. The first-order valence-electron chi connectivity index (χ1n) is 8.16. The number of nitrogens with zero attached hydrogens (tertiary/aromatic N) is 1. The van der Waals surface area contributed by atoms with E-state index in [1.807, 2.05) is 12.1 Å². The van der Waals surface area contributed by atoms with Gasteiger partial charge in [-0.1, -0.05) is 32.1 Å². The second kappa shape index (κ2) is 8.60. The quantitative estimate of drug-likeness (QED) is 0.664. The van der Waals surface area contributed by atoms with E-state index in [9.17, 15) is 8.78 Å². The Balaban J connectivity index is 2.05. The number of benzene rings is 2. The minimum absolute atomic E-state index is 0.0120. The van der Waals surface area contributed by atoms with Gasteiger partial charge in [0.2, 0.25) is 0 Å². The summed E-state index contributed by atoms with van der Waals surface area (Å²) in [6, 6.07) is 10.7. The van der Waals surface area contributed by atoms with Crippen molar-refractivity contribution < 1.29 is 13.5 Å². The lowest BCUT2D eigenvalue weighted by atomic mass is 10.1. The van der Waals surface area contributed by atoms with E-state index in [1.54, 1.807) is 12.1 Å². The van der Waals surface area contributed by atoms with Crippen LogP contribution < -0.4 is 4.74 Å². The van der Waals surface area contributed by atoms with E-state index in [4.69, 9.17) is 4.74 Å². The number of ether oxygens (including phenoxy) is 1. The minimum Gasteiger partial charge on any atom is -0.454 e. The average molecular weight is 331 g/mol. The van der Waals surface area contributed by atoms with Crippen molar-refractivity contribution in [2.45, 2.75) is 20.8 Å². The molecule has 4 heteroatoms. The Labute approximate surface area is 142 Å². The van der Waals surface area contributed by atoms with Gasteiger partial charge in [-0.2, -0.15) is 0 Å². The molecule has 0 heterocycles. The van der Waals surface area contributed by atoms with Gasteiger partial charge in [-0.15, -0.1) is 0 Å². The van der Waals surface area contributed by atoms with Crippen LogP contribution in [0.3, 0.4) is 0 Å². The van der Waals surface area contributed by atoms with E-state index in [-0.39, 0.29) is 5.75 Å². The molecule has 0 amide bonds. The van der Waals surface area contributed by atoms with Crippen molar-refractivity contribution in [2.24, 2.45) is 0 Å². The molecule has 0 aliphatic carbocycles. The van der Waals surface area contributed by atoms with E-state index >= 15 is 0 Å². The lowest BCUT2D eigenvalue weighted by Gasteiger charge is -2.16. The van der Waals surface area contributed by atoms with Gasteiger partial charge in [0.25, 0.3) is 0 Å². The monoisotopic (exact) mass is 331 g/mol. The van der Waals surface area contributed by atoms with Crippen molar-refractivity contribution >= 4 is 5.57 Å². The lowest BCUT2D eigenvalue weighted by Crippen LogP contribution is -2.22. The van der Waals surface area contributed by atoms with Crippen LogP contribution in [0, 0.1) is 11.6 Å². The van der Waals surface area contributed by atoms with Gasteiger partial charge >= 0.3 is 0 Å². The topological polar surface area (TPSA) is 12.5 Å². The molecule has 0 atom stereocenters. The molecule has 0 aliphatic heterocycles. The first-order valence-corrected chi connectivity index (χ1v) is 8.16. The largest absolute Gasteiger partial charge is 0.454 e. The van der Waals surface area contributed by atoms with Crippen molar-refractivity contribution in [3.05, 3.63) is 65.7 Å². The van der Waals surface area contributed by atoms with E-state index in [1.165, 1.54) is 17.7 Å². The lowest BCUT2D eigenvalue weighted by molar-refractivity contribution is 0.337. The van der Waals surface area contributed by atoms with Crippen LogP contribution in [0.1, 0.15) is 26.3 Å². The van der Waals surface area contributed by atoms with Crippen LogP contribution in [0.25, 0.3) is 5.57 Å². The number of likely N-dealkylation sites (N-methyl/N-ethyl adjacent to an activating group) is 1. The van der Waals surface area contributed by atoms with Crippen LogP contribution in [0.15, 0.2) is 48.5 Å². The van der Waals surface area contributed by atoms with Crippen molar-refractivity contribution in [1.29, 1.82) is 0 Å². The zero-order chi connectivity index (χ0) is 17.5. The molecule has 2 rings (SSSR count). The maximum atomic E-state index is 13.6. The van der Waals surface area contributed by atoms with Gasteiger partial charge in [0.1, 0.15) is 11.6 Å². The standard InChI is InChI=1S/C20H23F2NO/c1-4-23(5-2)13-12-15(3)16-6-9-18(10-7-16)24-20-11-8-17(21)14-19(20)22/h6-12,14H,4-5,13H2,1-3H3/b15-12-. The van der Waals surface area contributed by atoms with Gasteiger partial charge < -0.3 is 9.64 Å². The van der Waals surface area contributed by atoms with Crippen LogP contribution in [0.4, 0.5) is 8.78 Å². The van der Waals surface area contributed by atoms with Gasteiger partial charge in [-0.25, -0.2) is 8.78 Å². The van der Waals surface area contributed by atoms with E-state index in [0.29, 0.717) is 5.75 Å². The zero-order valence-electron chi connectivity index (χ0n) is 14.4. The van der Waals surface area contributed by atoms with Crippen LogP contribution in [-0.2, 0) is 0 Å². The summed E-state index contributed by atoms with van der Waals surface area (Å²) in [6.45, 7) is 9.32. The average Bonchev–Trinajstić information content (AvgIpc) is 2.59. The maximum Gasteiger partial charge on any atom is 0.168 e. The summed E-state index contributed by atoms with van der Waals surface area (Å²) in [5.74, 6) is -0.808. The number of rotatable bonds is 7. The first kappa shape index (κ1) is 18.1. The summed E-state index contributed by atoms with van der Waals surface area (Å²) >= 11 is 0. The van der Waals surface area contributed by atoms with Gasteiger partial charge in [0, 0.05) is 12.6 Å². The Hall–Kier alpha value is -2.20. The summed E-state index contributed by atoms with van der Waals surface area (Å²) in [5.41, 5.74) is 2.27. The van der Waals surface area contributed by atoms with Crippen LogP contribution in [0.5, 0.6) is 11.5 Å². The highest BCUT2D eigenvalue weighted by atomic mass is 19.1. The fourth-order valence-corrected chi connectivity index (χ4v) is 2.34. The molecular weight excluding hydrogens is 308 g/mol. The maximum absolute atomic E-state index is 13.6. The minimum atomic E-state index is -0.714. The van der Waals surface area contributed by atoms with Crippen LogP contribution in [0.2, 0.25) is 0 Å². The second-order valence-electron chi connectivity index (χ2n) is 5.57. The third-order valence-corrected chi connectivity index (χ3v) is 3.98. The highest BCUT2D eigenvalue weighted by Crippen LogP contribution is 2.26. The molecule has 24 heavy (non-hydrogen) atoms. The first-order chi connectivity index (χ1) is 11.5. The predicted molar refractivity (Wildman–Crippen MR) is 94.3 cm³/mol. The van der Waals surface area contributed by atoms with Gasteiger partial charge in [0.05, 0.1) is 0 Å². The third-order valence-electron chi connectivity index (χ3n) is 3.98. The summed E-state index contributed by atoms with van der Waals surface area (Å²) in [6.07, 6.45) is 2.20. The molecule has 2 aromatic carbocycles. The molecule has 0 unspecified atom stereocenters. The van der Waals surface area contributed by atoms with E-state index < -0.39 is 11.6 Å². The predicted octanol–water partition coefficient (Wildman–Crippen LogP) is 5.50. The van der Waals surface area contributed by atoms with Crippen LogP contribution in [-0.4, -0.2) is 24.5 Å². The molecule has 0 spiro atoms. The summed E-state index contributed by atoms with van der Waals surface area (Å²) < 4.78 is 32.0. The van der Waals surface area contributed by atoms with Gasteiger partial charge in [-0.05, 0) is 55.4 Å². The number of hydrogen-bond acceptors (Lipinski definition) is 2. The molecule has 0 N–H and O–H groups in total. The fraction of sp³-hybridized carbons (Fsp3) is 0.300. The molecule has 0 radical (unpaired) electrons. The molecular formula is C20H23F2NO. The Morgan fingerprint density at radius 3 is 2.29 bits per heavy atom. The molecule has 0 aromatic heterocycles. The molecule has 128 valence electrons. The smallest absolute Gasteiger partial charge is 0.168 e. The van der Waals surface area contributed by atoms with E-state index in [2.05, 4.69) is 31.7 Å². The Morgan fingerprint density at radius 2 is 1.71 bits per heavy atom. The molecule has 0 saturated heterocycles. The third kappa shape index (κ3) is 4.90. The van der Waals surface area contributed by atoms with Crippen molar-refractivity contribution in [1.82, 2.24) is 4.90 Å². The number of hydrogen-bond donors (Lipinski definition) is 0. The normalized spacial score (nSPS) is 11.8. The highest BCUT2D eigenvalue weighted by Gasteiger charge is 2.06. The summed E-state index contributed by atoms with van der Waals surface area (Å²) in [4.78, 5) is 2.33. The SMILES string of the molecule is CCN(CC)C/C=C(/C)c1ccc(Oc2ccc(F)cc2F)cc1. The molecule has 0 bridgehead atoms. The summed E-state index contributed by atoms with van der Waals surface area (Å²) in [7, 11) is 0. The second-order valence-corrected chi connectivity index (χ2v) is 5.57.